The van der Waals surface area contributed by atoms with Crippen LogP contribution in [0.25, 0.3) is 0 Å². The molecule has 0 aromatic carbocycles. The zero-order valence-corrected chi connectivity index (χ0v) is 12.6. The molecule has 0 spiro atoms. The molecule has 2 heterocycles. The highest BCUT2D eigenvalue weighted by atomic mass is 16.2. The van der Waals surface area contributed by atoms with Crippen LogP contribution >= 0.6 is 0 Å². The van der Waals surface area contributed by atoms with E-state index in [-0.39, 0.29) is 29.7 Å². The van der Waals surface area contributed by atoms with E-state index >= 15 is 0 Å². The minimum atomic E-state index is -0.482. The minimum absolute atomic E-state index is 0.0480. The van der Waals surface area contributed by atoms with Gasteiger partial charge in [-0.2, -0.15) is 0 Å². The number of amides is 1. The van der Waals surface area contributed by atoms with Crippen LogP contribution in [0.2, 0.25) is 0 Å². The number of hydrogen-bond acceptors (Lipinski definition) is 4. The van der Waals surface area contributed by atoms with E-state index in [2.05, 4.69) is 5.32 Å². The Morgan fingerprint density at radius 1 is 1.35 bits per heavy atom. The van der Waals surface area contributed by atoms with Crippen molar-refractivity contribution in [1.29, 1.82) is 0 Å². The molecule has 1 amide bonds. The first-order valence-corrected chi connectivity index (χ1v) is 7.89. The molecular weight excluding hydrogens is 254 g/mol. The van der Waals surface area contributed by atoms with Crippen molar-refractivity contribution in [2.75, 3.05) is 13.1 Å². The topological polar surface area (TPSA) is 75.4 Å². The summed E-state index contributed by atoms with van der Waals surface area (Å²) in [5.41, 5.74) is 6.05. The predicted octanol–water partition coefficient (Wildman–Crippen LogP) is 0.672. The highest BCUT2D eigenvalue weighted by Gasteiger charge is 2.40. The molecule has 2 aliphatic rings. The van der Waals surface area contributed by atoms with Crippen LogP contribution in [-0.2, 0) is 9.59 Å². The van der Waals surface area contributed by atoms with Crippen LogP contribution in [0.4, 0.5) is 0 Å². The fraction of sp³-hybridized carbons (Fsp3) is 0.867. The molecular formula is C15H27N3O2. The molecule has 5 nitrogen and oxygen atoms in total. The summed E-state index contributed by atoms with van der Waals surface area (Å²) in [7, 11) is 0. The fourth-order valence-electron chi connectivity index (χ4n) is 3.17. The van der Waals surface area contributed by atoms with Gasteiger partial charge in [0.25, 0.3) is 0 Å². The Morgan fingerprint density at radius 2 is 2.10 bits per heavy atom. The summed E-state index contributed by atoms with van der Waals surface area (Å²) >= 11 is 0. The minimum Gasteiger partial charge on any atom is -0.331 e. The molecule has 0 aromatic rings. The highest BCUT2D eigenvalue weighted by molar-refractivity contribution is 5.94. The number of rotatable bonds is 5. The lowest BCUT2D eigenvalue weighted by Gasteiger charge is -2.30. The van der Waals surface area contributed by atoms with Crippen LogP contribution in [-0.4, -0.2) is 47.8 Å². The van der Waals surface area contributed by atoms with Crippen LogP contribution in [0.15, 0.2) is 0 Å². The maximum absolute atomic E-state index is 12.5. The number of likely N-dealkylation sites (tertiary alicyclic amines) is 1. The van der Waals surface area contributed by atoms with Crippen molar-refractivity contribution >= 4 is 11.7 Å². The highest BCUT2D eigenvalue weighted by Crippen LogP contribution is 2.23. The van der Waals surface area contributed by atoms with Gasteiger partial charge in [-0.15, -0.1) is 0 Å². The largest absolute Gasteiger partial charge is 0.331 e. The van der Waals surface area contributed by atoms with Crippen molar-refractivity contribution in [2.24, 2.45) is 11.7 Å². The smallest absolute Gasteiger partial charge is 0.240 e. The first-order valence-electron chi connectivity index (χ1n) is 7.89. The van der Waals surface area contributed by atoms with Gasteiger partial charge in [-0.05, 0) is 38.1 Å². The van der Waals surface area contributed by atoms with Crippen LogP contribution in [0, 0.1) is 5.92 Å². The zero-order valence-electron chi connectivity index (χ0n) is 12.6. The third-order valence-corrected chi connectivity index (χ3v) is 4.81. The van der Waals surface area contributed by atoms with Crippen molar-refractivity contribution < 1.29 is 9.59 Å². The molecule has 2 rings (SSSR count). The SMILES string of the molecule is CCC(C)C(N)C(=O)N1CCCC1C(=O)C1CCCN1. The fourth-order valence-corrected chi connectivity index (χ4v) is 3.17. The quantitative estimate of drug-likeness (QED) is 0.777. The third-order valence-electron chi connectivity index (χ3n) is 4.81. The number of Topliss-reactive ketones (excluding diaryl/α,β-unsaturated/α-hetero) is 1. The Balaban J connectivity index is 2.02. The second-order valence-corrected chi connectivity index (χ2v) is 6.15. The summed E-state index contributed by atoms with van der Waals surface area (Å²) < 4.78 is 0. The van der Waals surface area contributed by atoms with Crippen LogP contribution < -0.4 is 11.1 Å². The van der Waals surface area contributed by atoms with E-state index in [1.54, 1.807) is 4.90 Å². The normalized spacial score (nSPS) is 29.4. The molecule has 4 atom stereocenters. The number of nitrogens with zero attached hydrogens (tertiary/aromatic N) is 1. The maximum atomic E-state index is 12.5. The second-order valence-electron chi connectivity index (χ2n) is 6.15. The van der Waals surface area contributed by atoms with Gasteiger partial charge in [0.05, 0.1) is 18.1 Å². The van der Waals surface area contributed by atoms with Gasteiger partial charge in [-0.1, -0.05) is 20.3 Å². The molecule has 2 fully saturated rings. The monoisotopic (exact) mass is 281 g/mol. The summed E-state index contributed by atoms with van der Waals surface area (Å²) in [4.78, 5) is 26.8. The lowest BCUT2D eigenvalue weighted by Crippen LogP contribution is -2.53. The van der Waals surface area contributed by atoms with Crippen molar-refractivity contribution in [2.45, 2.75) is 64.1 Å². The molecule has 20 heavy (non-hydrogen) atoms. The zero-order chi connectivity index (χ0) is 14.7. The summed E-state index contributed by atoms with van der Waals surface area (Å²) in [6.07, 6.45) is 4.51. The molecule has 2 aliphatic heterocycles. The summed E-state index contributed by atoms with van der Waals surface area (Å²) in [6.45, 7) is 5.61. The van der Waals surface area contributed by atoms with Crippen molar-refractivity contribution in [3.8, 4) is 0 Å². The molecule has 0 aliphatic carbocycles. The van der Waals surface area contributed by atoms with E-state index in [4.69, 9.17) is 5.73 Å². The molecule has 2 saturated heterocycles. The first kappa shape index (κ1) is 15.4. The predicted molar refractivity (Wildman–Crippen MR) is 78.2 cm³/mol. The van der Waals surface area contributed by atoms with Crippen LogP contribution in [0.3, 0.4) is 0 Å². The van der Waals surface area contributed by atoms with Gasteiger partial charge >= 0.3 is 0 Å². The van der Waals surface area contributed by atoms with Gasteiger partial charge in [0, 0.05) is 6.54 Å². The molecule has 4 unspecified atom stereocenters. The third kappa shape index (κ3) is 3.04. The van der Waals surface area contributed by atoms with Gasteiger partial charge in [0.2, 0.25) is 5.91 Å². The van der Waals surface area contributed by atoms with E-state index < -0.39 is 6.04 Å². The van der Waals surface area contributed by atoms with E-state index in [1.165, 1.54) is 0 Å². The summed E-state index contributed by atoms with van der Waals surface area (Å²) in [5, 5.41) is 3.24. The van der Waals surface area contributed by atoms with Crippen molar-refractivity contribution in [3.05, 3.63) is 0 Å². The molecule has 5 heteroatoms. The summed E-state index contributed by atoms with van der Waals surface area (Å²) in [5.74, 6) is 0.293. The van der Waals surface area contributed by atoms with E-state index in [9.17, 15) is 9.59 Å². The number of nitrogens with one attached hydrogen (secondary N) is 1. The molecule has 114 valence electrons. The number of hydrogen-bond donors (Lipinski definition) is 2. The van der Waals surface area contributed by atoms with E-state index in [0.717, 1.165) is 38.6 Å². The van der Waals surface area contributed by atoms with Gasteiger partial charge in [-0.3, -0.25) is 9.59 Å². The lowest BCUT2D eigenvalue weighted by molar-refractivity contribution is -0.140. The maximum Gasteiger partial charge on any atom is 0.240 e. The van der Waals surface area contributed by atoms with Crippen molar-refractivity contribution in [3.63, 3.8) is 0 Å². The Bertz CT molecular complexity index is 366. The molecule has 3 N–H and O–H groups in total. The molecule has 0 bridgehead atoms. The molecule has 0 aromatic heterocycles. The lowest BCUT2D eigenvalue weighted by atomic mass is 9.97. The number of ketones is 1. The average molecular weight is 281 g/mol. The number of nitrogens with two attached hydrogens (primary N) is 1. The van der Waals surface area contributed by atoms with E-state index in [1.807, 2.05) is 13.8 Å². The van der Waals surface area contributed by atoms with Gasteiger partial charge in [0.1, 0.15) is 0 Å². The Hall–Kier alpha value is -0.940. The van der Waals surface area contributed by atoms with Gasteiger partial charge in [-0.25, -0.2) is 0 Å². The van der Waals surface area contributed by atoms with Crippen molar-refractivity contribution in [1.82, 2.24) is 10.2 Å². The Kier molecular flexibility index (Phi) is 5.16. The molecule has 0 saturated carbocycles. The van der Waals surface area contributed by atoms with Crippen LogP contribution in [0.5, 0.6) is 0 Å². The van der Waals surface area contributed by atoms with Gasteiger partial charge in [0.15, 0.2) is 5.78 Å². The van der Waals surface area contributed by atoms with Crippen LogP contribution in [0.1, 0.15) is 46.0 Å². The average Bonchev–Trinajstić information content (AvgIpc) is 3.14. The Morgan fingerprint density at radius 3 is 2.70 bits per heavy atom. The second kappa shape index (κ2) is 6.68. The first-order chi connectivity index (χ1) is 9.56. The number of carbonyl (C=O) groups excluding carboxylic acids is 2. The standard InChI is InChI=1S/C15H27N3O2/c1-3-10(2)13(16)15(20)18-9-5-7-12(18)14(19)11-6-4-8-17-11/h10-13,17H,3-9,16H2,1-2H3. The summed E-state index contributed by atoms with van der Waals surface area (Å²) in [6, 6.07) is -0.800. The Labute approximate surface area is 121 Å². The van der Waals surface area contributed by atoms with Gasteiger partial charge < -0.3 is 16.0 Å². The molecule has 0 radical (unpaired) electrons. The number of carbonyl (C=O) groups is 2. The van der Waals surface area contributed by atoms with E-state index in [0.29, 0.717) is 6.54 Å².